The zero-order valence-corrected chi connectivity index (χ0v) is 14.0. The molecule has 3 aromatic heterocycles. The Morgan fingerprint density at radius 3 is 2.35 bits per heavy atom. The Labute approximate surface area is 150 Å². The van der Waals surface area contributed by atoms with E-state index in [9.17, 15) is 14.7 Å². The standard InChI is InChI=1S/C17H12N4O4S/c22-11(23)7-10(16(24)25)26-17-20-14-8-3-1-5-18-12(8)13-9(15(14)21-17)4-2-6-19-13/h1-6,10H,7H2,(H,20,21)(H,22,23)(H,24,25). The number of pyridine rings is 2. The number of carbonyl (C=O) groups is 2. The summed E-state index contributed by atoms with van der Waals surface area (Å²) in [6, 6.07) is 7.36. The molecule has 9 heteroatoms. The van der Waals surface area contributed by atoms with Gasteiger partial charge in [-0.3, -0.25) is 19.6 Å². The maximum Gasteiger partial charge on any atom is 0.317 e. The Morgan fingerprint density at radius 2 is 1.69 bits per heavy atom. The molecule has 0 spiro atoms. The quantitative estimate of drug-likeness (QED) is 0.362. The largest absolute Gasteiger partial charge is 0.481 e. The molecule has 3 heterocycles. The summed E-state index contributed by atoms with van der Waals surface area (Å²) in [5, 5.41) is 19.0. The van der Waals surface area contributed by atoms with E-state index in [1.54, 1.807) is 24.5 Å². The van der Waals surface area contributed by atoms with E-state index in [4.69, 9.17) is 5.11 Å². The fourth-order valence-electron chi connectivity index (χ4n) is 2.85. The van der Waals surface area contributed by atoms with Crippen LogP contribution in [0.1, 0.15) is 6.42 Å². The lowest BCUT2D eigenvalue weighted by Crippen LogP contribution is -2.20. The number of carboxylic acids is 2. The molecule has 0 saturated heterocycles. The number of aromatic amines is 1. The van der Waals surface area contributed by atoms with E-state index in [0.29, 0.717) is 16.2 Å². The summed E-state index contributed by atoms with van der Waals surface area (Å²) in [5.74, 6) is -2.37. The molecule has 1 atom stereocenters. The van der Waals surface area contributed by atoms with Crippen molar-refractivity contribution in [2.24, 2.45) is 0 Å². The zero-order valence-electron chi connectivity index (χ0n) is 13.2. The van der Waals surface area contributed by atoms with E-state index >= 15 is 0 Å². The first-order valence-corrected chi connectivity index (χ1v) is 8.55. The second kappa shape index (κ2) is 6.26. The molecule has 4 rings (SSSR count). The number of hydrogen-bond acceptors (Lipinski definition) is 6. The summed E-state index contributed by atoms with van der Waals surface area (Å²) in [6.45, 7) is 0. The normalized spacial score (nSPS) is 12.6. The van der Waals surface area contributed by atoms with Gasteiger partial charge in [0.25, 0.3) is 0 Å². The van der Waals surface area contributed by atoms with Crippen LogP contribution in [-0.4, -0.2) is 47.3 Å². The molecule has 3 N–H and O–H groups in total. The first-order valence-electron chi connectivity index (χ1n) is 7.67. The number of H-pyrrole nitrogens is 1. The van der Waals surface area contributed by atoms with Crippen molar-refractivity contribution in [1.82, 2.24) is 19.9 Å². The van der Waals surface area contributed by atoms with Crippen LogP contribution in [0.15, 0.2) is 41.8 Å². The van der Waals surface area contributed by atoms with Gasteiger partial charge in [-0.2, -0.15) is 0 Å². The molecule has 0 saturated carbocycles. The van der Waals surface area contributed by atoms with Gasteiger partial charge in [-0.1, -0.05) is 11.8 Å². The summed E-state index contributed by atoms with van der Waals surface area (Å²) >= 11 is 0.880. The number of aliphatic carboxylic acids is 2. The van der Waals surface area contributed by atoms with E-state index in [1.165, 1.54) is 0 Å². The Bertz CT molecular complexity index is 1100. The molecule has 4 aromatic rings. The van der Waals surface area contributed by atoms with Gasteiger partial charge in [-0.15, -0.1) is 0 Å². The second-order valence-electron chi connectivity index (χ2n) is 5.61. The van der Waals surface area contributed by atoms with Crippen LogP contribution in [0.4, 0.5) is 0 Å². The van der Waals surface area contributed by atoms with Crippen molar-refractivity contribution in [3.05, 3.63) is 36.7 Å². The third-order valence-electron chi connectivity index (χ3n) is 3.94. The fraction of sp³-hybridized carbons (Fsp3) is 0.118. The van der Waals surface area contributed by atoms with E-state index in [2.05, 4.69) is 19.9 Å². The summed E-state index contributed by atoms with van der Waals surface area (Å²) in [7, 11) is 0. The molecule has 0 aliphatic rings. The molecule has 1 aromatic carbocycles. The lowest BCUT2D eigenvalue weighted by molar-refractivity contribution is -0.142. The minimum absolute atomic E-state index is 0.343. The van der Waals surface area contributed by atoms with E-state index < -0.39 is 23.6 Å². The fourth-order valence-corrected chi connectivity index (χ4v) is 3.75. The van der Waals surface area contributed by atoms with Gasteiger partial charge < -0.3 is 15.2 Å². The predicted octanol–water partition coefficient (Wildman–Crippen LogP) is 2.68. The second-order valence-corrected chi connectivity index (χ2v) is 6.80. The number of carboxylic acid groups (broad SMARTS) is 2. The summed E-state index contributed by atoms with van der Waals surface area (Å²) in [4.78, 5) is 38.7. The lowest BCUT2D eigenvalue weighted by atomic mass is 10.1. The maximum atomic E-state index is 11.3. The molecule has 0 aliphatic heterocycles. The minimum atomic E-state index is -1.20. The number of nitrogens with zero attached hydrogens (tertiary/aromatic N) is 3. The van der Waals surface area contributed by atoms with Crippen LogP contribution in [-0.2, 0) is 9.59 Å². The SMILES string of the molecule is O=C(O)CC(Sc1nc2c3cccnc3c3ncccc3c2[nH]1)C(=O)O. The smallest absolute Gasteiger partial charge is 0.317 e. The molecule has 0 fully saturated rings. The van der Waals surface area contributed by atoms with Crippen LogP contribution in [0, 0.1) is 0 Å². The molecule has 0 amide bonds. The molecule has 130 valence electrons. The van der Waals surface area contributed by atoms with Crippen molar-refractivity contribution in [3.8, 4) is 0 Å². The van der Waals surface area contributed by atoms with E-state index in [1.807, 2.05) is 12.1 Å². The van der Waals surface area contributed by atoms with Gasteiger partial charge in [0.1, 0.15) is 5.25 Å². The number of nitrogens with one attached hydrogen (secondary N) is 1. The average molecular weight is 368 g/mol. The van der Waals surface area contributed by atoms with Gasteiger partial charge in [-0.25, -0.2) is 4.98 Å². The Hall–Kier alpha value is -3.20. The third kappa shape index (κ3) is 2.72. The van der Waals surface area contributed by atoms with Crippen molar-refractivity contribution in [1.29, 1.82) is 0 Å². The molecule has 26 heavy (non-hydrogen) atoms. The van der Waals surface area contributed by atoms with Gasteiger partial charge in [-0.05, 0) is 24.3 Å². The Kier molecular flexibility index (Phi) is 3.92. The van der Waals surface area contributed by atoms with Crippen molar-refractivity contribution in [2.75, 3.05) is 0 Å². The van der Waals surface area contributed by atoms with Crippen LogP contribution in [0.2, 0.25) is 0 Å². The van der Waals surface area contributed by atoms with Gasteiger partial charge in [0.15, 0.2) is 5.16 Å². The molecule has 1 unspecified atom stereocenters. The Balaban J connectivity index is 1.92. The number of fused-ring (bicyclic) bond motifs is 6. The van der Waals surface area contributed by atoms with Crippen molar-refractivity contribution < 1.29 is 19.8 Å². The number of imidazole rings is 1. The van der Waals surface area contributed by atoms with Crippen LogP contribution in [0.3, 0.4) is 0 Å². The lowest BCUT2D eigenvalue weighted by Gasteiger charge is -2.06. The maximum absolute atomic E-state index is 11.3. The number of benzene rings is 1. The average Bonchev–Trinajstić information content (AvgIpc) is 3.05. The zero-order chi connectivity index (χ0) is 18.3. The summed E-state index contributed by atoms with van der Waals surface area (Å²) < 4.78 is 0. The highest BCUT2D eigenvalue weighted by atomic mass is 32.2. The van der Waals surface area contributed by atoms with Crippen molar-refractivity contribution >= 4 is 56.5 Å². The highest BCUT2D eigenvalue weighted by molar-refractivity contribution is 8.00. The number of thioether (sulfide) groups is 1. The summed E-state index contributed by atoms with van der Waals surface area (Å²) in [5.41, 5.74) is 2.79. The van der Waals surface area contributed by atoms with E-state index in [-0.39, 0.29) is 0 Å². The van der Waals surface area contributed by atoms with Gasteiger partial charge in [0.2, 0.25) is 0 Å². The first kappa shape index (κ1) is 16.3. The molecule has 8 nitrogen and oxygen atoms in total. The van der Waals surface area contributed by atoms with Gasteiger partial charge in [0, 0.05) is 23.2 Å². The minimum Gasteiger partial charge on any atom is -0.481 e. The van der Waals surface area contributed by atoms with Crippen LogP contribution in [0.5, 0.6) is 0 Å². The molecular formula is C17H12N4O4S. The van der Waals surface area contributed by atoms with Crippen LogP contribution >= 0.6 is 11.8 Å². The van der Waals surface area contributed by atoms with Gasteiger partial charge in [0.05, 0.1) is 28.5 Å². The monoisotopic (exact) mass is 368 g/mol. The first-order chi connectivity index (χ1) is 12.5. The van der Waals surface area contributed by atoms with Crippen molar-refractivity contribution in [2.45, 2.75) is 16.8 Å². The van der Waals surface area contributed by atoms with Gasteiger partial charge >= 0.3 is 11.9 Å². The van der Waals surface area contributed by atoms with E-state index in [0.717, 1.165) is 33.6 Å². The van der Waals surface area contributed by atoms with Crippen LogP contribution < -0.4 is 0 Å². The molecule has 0 bridgehead atoms. The molecular weight excluding hydrogens is 356 g/mol. The Morgan fingerprint density at radius 1 is 1.04 bits per heavy atom. The highest BCUT2D eigenvalue weighted by Crippen LogP contribution is 2.34. The number of aromatic nitrogens is 4. The van der Waals surface area contributed by atoms with Crippen molar-refractivity contribution in [3.63, 3.8) is 0 Å². The predicted molar refractivity (Wildman–Crippen MR) is 96.2 cm³/mol. The van der Waals surface area contributed by atoms with Crippen LogP contribution in [0.25, 0.3) is 32.8 Å². The topological polar surface area (TPSA) is 129 Å². The molecule has 0 radical (unpaired) electrons. The summed E-state index contributed by atoms with van der Waals surface area (Å²) in [6.07, 6.45) is 2.86. The molecule has 0 aliphatic carbocycles. The third-order valence-corrected chi connectivity index (χ3v) is 5.01. The number of rotatable bonds is 5. The number of hydrogen-bond donors (Lipinski definition) is 3. The highest BCUT2D eigenvalue weighted by Gasteiger charge is 2.24.